The lowest BCUT2D eigenvalue weighted by Gasteiger charge is -2.23. The monoisotopic (exact) mass is 765 g/mol. The molecule has 0 spiro atoms. The Kier molecular flexibility index (Phi) is 9.57. The molecule has 0 atom stereocenters. The summed E-state index contributed by atoms with van der Waals surface area (Å²) in [6, 6.07) is 58.0. The summed E-state index contributed by atoms with van der Waals surface area (Å²) >= 11 is 0. The fourth-order valence-electron chi connectivity index (χ4n) is 8.12. The first-order valence-corrected chi connectivity index (χ1v) is 20.3. The lowest BCUT2D eigenvalue weighted by Crippen LogP contribution is -2.12. The molecular weight excluding hydrogens is 719 g/mol. The van der Waals surface area contributed by atoms with Crippen LogP contribution in [0.5, 0.6) is 5.75 Å². The van der Waals surface area contributed by atoms with E-state index in [2.05, 4.69) is 191 Å². The van der Waals surface area contributed by atoms with Gasteiger partial charge in [0, 0.05) is 23.0 Å². The Labute approximate surface area is 347 Å². The van der Waals surface area contributed by atoms with Crippen molar-refractivity contribution in [3.63, 3.8) is 0 Å². The number of phenols is 1. The summed E-state index contributed by atoms with van der Waals surface area (Å²) in [5.74, 6) is 0.922. The molecule has 0 aliphatic carbocycles. The number of hydrogen-bond donors (Lipinski definition) is 1. The summed E-state index contributed by atoms with van der Waals surface area (Å²) < 4.78 is 2.24. The molecule has 9 rings (SSSR count). The minimum Gasteiger partial charge on any atom is -0.507 e. The van der Waals surface area contributed by atoms with Crippen LogP contribution in [0.25, 0.3) is 83.9 Å². The van der Waals surface area contributed by atoms with Crippen LogP contribution in [0.2, 0.25) is 0 Å². The van der Waals surface area contributed by atoms with E-state index in [1.807, 2.05) is 25.3 Å². The van der Waals surface area contributed by atoms with Crippen LogP contribution in [0.15, 0.2) is 170 Å². The van der Waals surface area contributed by atoms with Crippen LogP contribution in [0, 0.1) is 20.8 Å². The third-order valence-corrected chi connectivity index (χ3v) is 11.3. The van der Waals surface area contributed by atoms with Crippen LogP contribution in [0.3, 0.4) is 0 Å². The minimum atomic E-state index is -0.123. The molecule has 0 unspecified atom stereocenters. The Bertz CT molecular complexity index is 2990. The number of imidazole rings is 1. The molecule has 59 heavy (non-hydrogen) atoms. The van der Waals surface area contributed by atoms with E-state index in [1.165, 1.54) is 11.1 Å². The molecule has 1 N–H and O–H groups in total. The molecule has 0 aliphatic heterocycles. The molecule has 0 radical (unpaired) electrons. The number of nitrogens with zero attached hydrogens (tertiary/aromatic N) is 3. The van der Waals surface area contributed by atoms with Gasteiger partial charge in [0.2, 0.25) is 0 Å². The molecule has 9 aromatic rings. The van der Waals surface area contributed by atoms with Crippen molar-refractivity contribution in [2.45, 2.75) is 47.0 Å². The first-order chi connectivity index (χ1) is 28.5. The van der Waals surface area contributed by atoms with Gasteiger partial charge >= 0.3 is 0 Å². The Morgan fingerprint density at radius 1 is 0.492 bits per heavy atom. The number of rotatable bonds is 7. The predicted molar refractivity (Wildman–Crippen MR) is 246 cm³/mol. The van der Waals surface area contributed by atoms with E-state index in [9.17, 15) is 5.11 Å². The van der Waals surface area contributed by atoms with Gasteiger partial charge in [-0.3, -0.25) is 9.55 Å². The van der Waals surface area contributed by atoms with E-state index < -0.39 is 0 Å². The van der Waals surface area contributed by atoms with E-state index in [4.69, 9.17) is 9.97 Å². The number of aryl methyl sites for hydroxylation is 3. The molecule has 0 saturated carbocycles. The van der Waals surface area contributed by atoms with Crippen molar-refractivity contribution >= 4 is 11.0 Å². The number of fused-ring (bicyclic) bond motifs is 1. The molecule has 4 nitrogen and oxygen atoms in total. The topological polar surface area (TPSA) is 50.9 Å². The fourth-order valence-corrected chi connectivity index (χ4v) is 8.12. The van der Waals surface area contributed by atoms with Gasteiger partial charge in [0.1, 0.15) is 11.6 Å². The second-order valence-electron chi connectivity index (χ2n) is 16.8. The number of para-hydroxylation sites is 1. The van der Waals surface area contributed by atoms with Crippen molar-refractivity contribution in [1.82, 2.24) is 14.5 Å². The normalized spacial score (nSPS) is 11.6. The summed E-state index contributed by atoms with van der Waals surface area (Å²) in [6.07, 6.45) is 1.90. The van der Waals surface area contributed by atoms with Crippen LogP contribution in [0.4, 0.5) is 0 Å². The van der Waals surface area contributed by atoms with Gasteiger partial charge in [0.25, 0.3) is 0 Å². The van der Waals surface area contributed by atoms with Gasteiger partial charge in [-0.25, -0.2) is 4.98 Å². The average Bonchev–Trinajstić information content (AvgIpc) is 3.65. The van der Waals surface area contributed by atoms with Gasteiger partial charge in [0.15, 0.2) is 0 Å². The fraction of sp³-hybridized carbons (Fsp3) is 0.127. The maximum atomic E-state index is 11.8. The van der Waals surface area contributed by atoms with Crippen LogP contribution in [-0.4, -0.2) is 19.6 Å². The molecular formula is C55H47N3O. The van der Waals surface area contributed by atoms with Crippen LogP contribution in [0.1, 0.15) is 43.0 Å². The summed E-state index contributed by atoms with van der Waals surface area (Å²) in [5.41, 5.74) is 18.4. The van der Waals surface area contributed by atoms with Crippen molar-refractivity contribution in [2.24, 2.45) is 0 Å². The van der Waals surface area contributed by atoms with Crippen molar-refractivity contribution in [2.75, 3.05) is 0 Å². The Hall–Kier alpha value is -7.04. The third kappa shape index (κ3) is 7.35. The Morgan fingerprint density at radius 2 is 1.14 bits per heavy atom. The zero-order chi connectivity index (χ0) is 40.8. The SMILES string of the molecule is Cc1ccc(-c2ccnc(-c3cc(-c4ccccc4)cc(-c4cccc5c4nc(-c4cc(C)cc(C)c4O)n5-c4cc(-c5ccccc5)cc(C(C)(C)C)c4)c3)c2)cc1. The number of aromatic nitrogens is 3. The van der Waals surface area contributed by atoms with Gasteiger partial charge < -0.3 is 5.11 Å². The predicted octanol–water partition coefficient (Wildman–Crippen LogP) is 14.4. The van der Waals surface area contributed by atoms with Crippen LogP contribution >= 0.6 is 0 Å². The highest BCUT2D eigenvalue weighted by Crippen LogP contribution is 2.42. The smallest absolute Gasteiger partial charge is 0.149 e. The summed E-state index contributed by atoms with van der Waals surface area (Å²) in [4.78, 5) is 10.4. The molecule has 0 amide bonds. The summed E-state index contributed by atoms with van der Waals surface area (Å²) in [5, 5.41) is 11.8. The largest absolute Gasteiger partial charge is 0.507 e. The molecule has 2 heterocycles. The van der Waals surface area contributed by atoms with Crippen LogP contribution < -0.4 is 0 Å². The highest BCUT2D eigenvalue weighted by atomic mass is 16.3. The summed E-state index contributed by atoms with van der Waals surface area (Å²) in [7, 11) is 0. The number of phenolic OH excluding ortho intramolecular Hbond substituents is 1. The van der Waals surface area contributed by atoms with Gasteiger partial charge in [-0.2, -0.15) is 0 Å². The first kappa shape index (κ1) is 37.5. The van der Waals surface area contributed by atoms with Crippen LogP contribution in [-0.2, 0) is 5.41 Å². The third-order valence-electron chi connectivity index (χ3n) is 11.3. The quantitative estimate of drug-likeness (QED) is 0.176. The number of benzene rings is 7. The first-order valence-electron chi connectivity index (χ1n) is 20.3. The second kappa shape index (κ2) is 15.0. The maximum Gasteiger partial charge on any atom is 0.149 e. The molecule has 0 aliphatic rings. The zero-order valence-corrected chi connectivity index (χ0v) is 34.5. The number of aromatic hydroxyl groups is 1. The van der Waals surface area contributed by atoms with Crippen molar-refractivity contribution in [1.29, 1.82) is 0 Å². The van der Waals surface area contributed by atoms with E-state index in [0.29, 0.717) is 11.4 Å². The summed E-state index contributed by atoms with van der Waals surface area (Å²) in [6.45, 7) is 12.9. The van der Waals surface area contributed by atoms with Crippen molar-refractivity contribution < 1.29 is 5.11 Å². The molecule has 7 aromatic carbocycles. The molecule has 0 bridgehead atoms. The van der Waals surface area contributed by atoms with E-state index in [0.717, 1.165) is 83.6 Å². The molecule has 2 aromatic heterocycles. The van der Waals surface area contributed by atoms with E-state index >= 15 is 0 Å². The molecule has 0 fully saturated rings. The number of hydrogen-bond acceptors (Lipinski definition) is 3. The van der Waals surface area contributed by atoms with Gasteiger partial charge in [-0.05, 0) is 136 Å². The van der Waals surface area contributed by atoms with Gasteiger partial charge in [-0.1, -0.05) is 136 Å². The van der Waals surface area contributed by atoms with Crippen molar-refractivity contribution in [3.05, 3.63) is 192 Å². The lowest BCUT2D eigenvalue weighted by atomic mass is 9.85. The second-order valence-corrected chi connectivity index (χ2v) is 16.8. The van der Waals surface area contributed by atoms with E-state index in [-0.39, 0.29) is 11.2 Å². The lowest BCUT2D eigenvalue weighted by molar-refractivity contribution is 0.472. The average molecular weight is 766 g/mol. The maximum absolute atomic E-state index is 11.8. The molecule has 288 valence electrons. The molecule has 0 saturated heterocycles. The zero-order valence-electron chi connectivity index (χ0n) is 34.5. The minimum absolute atomic E-state index is 0.123. The Balaban J connectivity index is 1.31. The number of pyridine rings is 1. The van der Waals surface area contributed by atoms with Crippen molar-refractivity contribution in [3.8, 4) is 78.6 Å². The Morgan fingerprint density at radius 3 is 1.83 bits per heavy atom. The van der Waals surface area contributed by atoms with E-state index in [1.54, 1.807) is 0 Å². The highest BCUT2D eigenvalue weighted by Gasteiger charge is 2.24. The molecule has 4 heteroatoms. The van der Waals surface area contributed by atoms with Gasteiger partial charge in [0.05, 0.1) is 22.3 Å². The standard InChI is InChI=1S/C55H47N3O/c1-35-20-22-40(23-21-35)41-24-25-56-50(33-41)45-29-42(38-14-9-7-10-15-38)28-44(30-45)48-18-13-19-51-52(48)57-54(49-27-36(2)26-37(3)53(49)59)58(51)47-32-43(39-16-11-8-12-17-39)31-46(34-47)55(4,5)6/h7-34,59H,1-6H3. The van der Waals surface area contributed by atoms with Gasteiger partial charge in [-0.15, -0.1) is 0 Å². The highest BCUT2D eigenvalue weighted by molar-refractivity contribution is 5.98.